The lowest BCUT2D eigenvalue weighted by atomic mass is 10.1. The Balaban J connectivity index is 2.21. The van der Waals surface area contributed by atoms with Gasteiger partial charge in [-0.25, -0.2) is 13.2 Å². The zero-order chi connectivity index (χ0) is 17.2. The second kappa shape index (κ2) is 6.21. The Hall–Kier alpha value is -2.68. The number of hydrogen-bond donors (Lipinski definition) is 1. The van der Waals surface area contributed by atoms with Gasteiger partial charge in [-0.2, -0.15) is 0 Å². The largest absolute Gasteiger partial charge is 0.442 e. The van der Waals surface area contributed by atoms with Crippen LogP contribution in [0.2, 0.25) is 0 Å². The first kappa shape index (κ1) is 16.7. The quantitative estimate of drug-likeness (QED) is 0.618. The zero-order valence-electron chi connectivity index (χ0n) is 12.5. The first-order chi connectivity index (χ1) is 10.7. The van der Waals surface area contributed by atoms with E-state index in [9.17, 15) is 18.0 Å². The summed E-state index contributed by atoms with van der Waals surface area (Å²) in [7, 11) is -0.725. The summed E-state index contributed by atoms with van der Waals surface area (Å²) in [6.07, 6.45) is -0.0946. The van der Waals surface area contributed by atoms with Crippen molar-refractivity contribution in [1.29, 1.82) is 0 Å². The van der Waals surface area contributed by atoms with Crippen LogP contribution in [0.1, 0.15) is 10.4 Å². The molecule has 23 heavy (non-hydrogen) atoms. The van der Waals surface area contributed by atoms with Crippen LogP contribution in [0.3, 0.4) is 0 Å². The molecule has 0 aromatic heterocycles. The highest BCUT2D eigenvalue weighted by molar-refractivity contribution is 7.95. The number of ether oxygens (including phenoxy) is 1. The Kier molecular flexibility index (Phi) is 4.50. The Morgan fingerprint density at radius 1 is 1.30 bits per heavy atom. The molecule has 122 valence electrons. The molecule has 0 unspecified atom stereocenters. The molecule has 0 radical (unpaired) electrons. The van der Waals surface area contributed by atoms with Crippen LogP contribution in [-0.4, -0.2) is 51.9 Å². The molecule has 1 aliphatic heterocycles. The molecule has 1 amide bonds. The summed E-state index contributed by atoms with van der Waals surface area (Å²) in [5.74, 6) is -0.547. The molecule has 0 fully saturated rings. The molecule has 1 aliphatic rings. The lowest BCUT2D eigenvalue weighted by Crippen LogP contribution is -2.31. The highest BCUT2D eigenvalue weighted by Gasteiger charge is 2.31. The monoisotopic (exact) mass is 337 g/mol. The maximum absolute atomic E-state index is 12.4. The Morgan fingerprint density at radius 3 is 2.61 bits per heavy atom. The van der Waals surface area contributed by atoms with Crippen LogP contribution < -0.4 is 5.73 Å². The molecule has 0 spiro atoms. The second-order valence-electron chi connectivity index (χ2n) is 4.89. The van der Waals surface area contributed by atoms with Crippen molar-refractivity contribution in [3.63, 3.8) is 0 Å². The van der Waals surface area contributed by atoms with Crippen molar-refractivity contribution in [3.05, 3.63) is 40.8 Å². The van der Waals surface area contributed by atoms with Crippen molar-refractivity contribution >= 4 is 27.7 Å². The fourth-order valence-corrected chi connectivity index (χ4v) is 3.30. The van der Waals surface area contributed by atoms with Crippen molar-refractivity contribution in [3.8, 4) is 0 Å². The number of sulfone groups is 1. The molecule has 9 heteroatoms. The number of nitrogens with zero attached hydrogens (tertiary/aromatic N) is 2. The molecular weight excluding hydrogens is 322 g/mol. The van der Waals surface area contributed by atoms with Gasteiger partial charge >= 0.3 is 6.09 Å². The number of nitrogens with two attached hydrogens (primary N) is 1. The smallest absolute Gasteiger partial charge is 0.437 e. The summed E-state index contributed by atoms with van der Waals surface area (Å²) in [6, 6.07) is 5.85. The van der Waals surface area contributed by atoms with E-state index in [1.165, 1.54) is 23.1 Å². The van der Waals surface area contributed by atoms with Crippen molar-refractivity contribution < 1.29 is 22.7 Å². The molecule has 8 nitrogen and oxygen atoms in total. The number of fused-ring (bicyclic) bond motifs is 1. The second-order valence-corrected chi connectivity index (χ2v) is 6.86. The van der Waals surface area contributed by atoms with Crippen molar-refractivity contribution in [1.82, 2.24) is 4.90 Å². The van der Waals surface area contributed by atoms with Crippen molar-refractivity contribution in [2.45, 2.75) is 4.90 Å². The van der Waals surface area contributed by atoms with E-state index in [4.69, 9.17) is 10.5 Å². The topological polar surface area (TPSA) is 119 Å². The van der Waals surface area contributed by atoms with E-state index >= 15 is 0 Å². The van der Waals surface area contributed by atoms with Gasteiger partial charge in [0.15, 0.2) is 5.78 Å². The third kappa shape index (κ3) is 3.39. The molecular formula is C14H15N3O5S. The lowest BCUT2D eigenvalue weighted by molar-refractivity contribution is 0.104. The van der Waals surface area contributed by atoms with Gasteiger partial charge in [0.25, 0.3) is 0 Å². The molecule has 2 rings (SSSR count). The van der Waals surface area contributed by atoms with E-state index in [0.29, 0.717) is 0 Å². The van der Waals surface area contributed by atoms with Gasteiger partial charge < -0.3 is 15.4 Å². The maximum Gasteiger partial charge on any atom is 0.437 e. The first-order valence-electron chi connectivity index (χ1n) is 6.50. The molecule has 0 saturated carbocycles. The summed E-state index contributed by atoms with van der Waals surface area (Å²) in [5.41, 5.74) is 5.55. The van der Waals surface area contributed by atoms with Gasteiger partial charge in [0.1, 0.15) is 6.61 Å². The van der Waals surface area contributed by atoms with Crippen LogP contribution in [0.5, 0.6) is 0 Å². The van der Waals surface area contributed by atoms with E-state index in [1.807, 2.05) is 0 Å². The number of amides is 1. The average molecular weight is 337 g/mol. The minimum absolute atomic E-state index is 0.0862. The van der Waals surface area contributed by atoms with Gasteiger partial charge in [0, 0.05) is 25.7 Å². The number of ketones is 1. The number of carbonyl (C=O) groups excluding carboxylic acids is 2. The number of hydrogen-bond acceptors (Lipinski definition) is 5. The zero-order valence-corrected chi connectivity index (χ0v) is 13.3. The molecule has 0 saturated heterocycles. The Labute approximate surface area is 133 Å². The summed E-state index contributed by atoms with van der Waals surface area (Å²) in [5, 5.41) is 0. The Morgan fingerprint density at radius 2 is 1.96 bits per heavy atom. The predicted octanol–water partition coefficient (Wildman–Crippen LogP) is 0.553. The van der Waals surface area contributed by atoms with E-state index in [1.54, 1.807) is 20.2 Å². The number of aliphatic imine (C=N–C) groups is 1. The third-order valence-corrected chi connectivity index (χ3v) is 4.94. The van der Waals surface area contributed by atoms with Gasteiger partial charge in [-0.3, -0.25) is 4.79 Å². The number of rotatable bonds is 2. The van der Waals surface area contributed by atoms with E-state index < -0.39 is 28.3 Å². The standard InChI is InChI=1S/C14H15N3O5S/c1-17(2)13(15)16-14(19)22-8-9-7-11(18)10-5-3-4-6-12(10)23(9,20)21/h3-7H,8H2,1-2H3,(H2,15,16,19). The minimum atomic E-state index is -3.88. The van der Waals surface area contributed by atoms with E-state index in [2.05, 4.69) is 4.99 Å². The number of benzene rings is 1. The number of guanidine groups is 1. The molecule has 1 aromatic rings. The summed E-state index contributed by atoms with van der Waals surface area (Å²) in [6.45, 7) is -0.592. The molecule has 0 aliphatic carbocycles. The van der Waals surface area contributed by atoms with Crippen LogP contribution in [0.4, 0.5) is 4.79 Å². The predicted molar refractivity (Wildman–Crippen MR) is 82.7 cm³/mol. The van der Waals surface area contributed by atoms with Crippen LogP contribution in [-0.2, 0) is 14.6 Å². The summed E-state index contributed by atoms with van der Waals surface area (Å²) >= 11 is 0. The molecule has 1 heterocycles. The normalized spacial score (nSPS) is 16.3. The van der Waals surface area contributed by atoms with Crippen molar-refractivity contribution in [2.75, 3.05) is 20.7 Å². The van der Waals surface area contributed by atoms with Gasteiger partial charge in [-0.1, -0.05) is 12.1 Å². The van der Waals surface area contributed by atoms with Gasteiger partial charge in [-0.15, -0.1) is 4.99 Å². The number of allylic oxidation sites excluding steroid dienone is 1. The van der Waals surface area contributed by atoms with E-state index in [0.717, 1.165) is 6.08 Å². The van der Waals surface area contributed by atoms with Crippen molar-refractivity contribution in [2.24, 2.45) is 10.7 Å². The third-order valence-electron chi connectivity index (χ3n) is 3.08. The van der Waals surface area contributed by atoms with Crippen LogP contribution in [0, 0.1) is 0 Å². The summed E-state index contributed by atoms with van der Waals surface area (Å²) in [4.78, 5) is 27.9. The fraction of sp³-hybridized carbons (Fsp3) is 0.214. The molecule has 0 bridgehead atoms. The summed E-state index contributed by atoms with van der Waals surface area (Å²) < 4.78 is 29.6. The highest BCUT2D eigenvalue weighted by Crippen LogP contribution is 2.28. The van der Waals surface area contributed by atoms with Crippen LogP contribution in [0.25, 0.3) is 0 Å². The SMILES string of the molecule is CN(C)C(N)=NC(=O)OCC1=CC(=O)c2ccccc2S1(=O)=O. The van der Waals surface area contributed by atoms with E-state index in [-0.39, 0.29) is 21.3 Å². The molecule has 2 N–H and O–H groups in total. The van der Waals surface area contributed by atoms with Gasteiger partial charge in [0.2, 0.25) is 15.8 Å². The Bertz CT molecular complexity index is 825. The first-order valence-corrected chi connectivity index (χ1v) is 7.99. The van der Waals surface area contributed by atoms with Gasteiger partial charge in [0.05, 0.1) is 9.80 Å². The number of carbonyl (C=O) groups is 2. The molecule has 0 atom stereocenters. The maximum atomic E-state index is 12.4. The lowest BCUT2D eigenvalue weighted by Gasteiger charge is -2.16. The average Bonchev–Trinajstić information content (AvgIpc) is 2.49. The van der Waals surface area contributed by atoms with Gasteiger partial charge in [-0.05, 0) is 12.1 Å². The molecule has 1 aromatic carbocycles. The fourth-order valence-electron chi connectivity index (χ4n) is 1.83. The minimum Gasteiger partial charge on any atom is -0.442 e. The van der Waals surface area contributed by atoms with Crippen LogP contribution in [0.15, 0.2) is 45.1 Å². The highest BCUT2D eigenvalue weighted by atomic mass is 32.2. The van der Waals surface area contributed by atoms with Crippen LogP contribution >= 0.6 is 0 Å².